The van der Waals surface area contributed by atoms with Gasteiger partial charge in [0.1, 0.15) is 0 Å². The van der Waals surface area contributed by atoms with Crippen molar-refractivity contribution in [3.63, 3.8) is 0 Å². The molecule has 2 atom stereocenters. The zero-order valence-electron chi connectivity index (χ0n) is 9.80. The Bertz CT molecular complexity index is 295. The number of aliphatic hydroxyl groups excluding tert-OH is 1. The molecule has 0 heterocycles. The van der Waals surface area contributed by atoms with Crippen molar-refractivity contribution in [3.8, 4) is 0 Å². The standard InChI is InChI=1S/C14H20O2/c1-3-8-13(15)14(4-2)16-11-12-9-6-5-7-10-12/h3,5-7,9-10,13-15H,1,4,8,11H2,2H3/t13-,14-/m1/s1. The fourth-order valence-corrected chi connectivity index (χ4v) is 1.60. The van der Waals surface area contributed by atoms with Crippen LogP contribution in [0, 0.1) is 0 Å². The highest BCUT2D eigenvalue weighted by molar-refractivity contribution is 5.13. The van der Waals surface area contributed by atoms with Gasteiger partial charge in [0.2, 0.25) is 0 Å². The van der Waals surface area contributed by atoms with Crippen LogP contribution in [-0.4, -0.2) is 17.3 Å². The first-order valence-corrected chi connectivity index (χ1v) is 5.72. The molecule has 0 saturated carbocycles. The molecule has 1 aromatic carbocycles. The molecule has 2 heteroatoms. The van der Waals surface area contributed by atoms with E-state index in [-0.39, 0.29) is 6.10 Å². The molecular formula is C14H20O2. The van der Waals surface area contributed by atoms with Gasteiger partial charge in [-0.3, -0.25) is 0 Å². The van der Waals surface area contributed by atoms with E-state index in [1.165, 1.54) is 0 Å². The molecular weight excluding hydrogens is 200 g/mol. The van der Waals surface area contributed by atoms with Gasteiger partial charge in [0.15, 0.2) is 0 Å². The van der Waals surface area contributed by atoms with E-state index in [0.717, 1.165) is 12.0 Å². The quantitative estimate of drug-likeness (QED) is 0.716. The number of aliphatic hydroxyl groups is 1. The highest BCUT2D eigenvalue weighted by Crippen LogP contribution is 2.11. The maximum atomic E-state index is 9.79. The smallest absolute Gasteiger partial charge is 0.0838 e. The normalized spacial score (nSPS) is 14.4. The summed E-state index contributed by atoms with van der Waals surface area (Å²) in [6.07, 6.45) is 2.54. The highest BCUT2D eigenvalue weighted by Gasteiger charge is 2.16. The van der Waals surface area contributed by atoms with Crippen LogP contribution >= 0.6 is 0 Å². The molecule has 0 aromatic heterocycles. The zero-order chi connectivity index (χ0) is 11.8. The van der Waals surface area contributed by atoms with Gasteiger partial charge >= 0.3 is 0 Å². The van der Waals surface area contributed by atoms with E-state index in [1.54, 1.807) is 6.08 Å². The van der Waals surface area contributed by atoms with Crippen LogP contribution in [0.2, 0.25) is 0 Å². The third kappa shape index (κ3) is 4.17. The van der Waals surface area contributed by atoms with Crippen LogP contribution in [0.1, 0.15) is 25.3 Å². The molecule has 16 heavy (non-hydrogen) atoms. The summed E-state index contributed by atoms with van der Waals surface area (Å²) in [6.45, 7) is 6.19. The Morgan fingerprint density at radius 3 is 2.62 bits per heavy atom. The van der Waals surface area contributed by atoms with Crippen molar-refractivity contribution in [2.45, 2.75) is 38.6 Å². The fourth-order valence-electron chi connectivity index (χ4n) is 1.60. The lowest BCUT2D eigenvalue weighted by molar-refractivity contribution is -0.0457. The van der Waals surface area contributed by atoms with E-state index in [9.17, 15) is 5.11 Å². The second-order valence-corrected chi connectivity index (χ2v) is 3.84. The van der Waals surface area contributed by atoms with Gasteiger partial charge in [-0.05, 0) is 18.4 Å². The minimum Gasteiger partial charge on any atom is -0.390 e. The predicted molar refractivity (Wildman–Crippen MR) is 66.1 cm³/mol. The van der Waals surface area contributed by atoms with Gasteiger partial charge in [0, 0.05) is 0 Å². The summed E-state index contributed by atoms with van der Waals surface area (Å²) in [5, 5.41) is 9.79. The van der Waals surface area contributed by atoms with Crippen LogP contribution in [0.4, 0.5) is 0 Å². The van der Waals surface area contributed by atoms with Crippen LogP contribution in [0.3, 0.4) is 0 Å². The number of benzene rings is 1. The molecule has 1 N–H and O–H groups in total. The minimum atomic E-state index is -0.453. The van der Waals surface area contributed by atoms with Gasteiger partial charge in [-0.2, -0.15) is 0 Å². The third-order valence-corrected chi connectivity index (χ3v) is 2.55. The first-order valence-electron chi connectivity index (χ1n) is 5.72. The summed E-state index contributed by atoms with van der Waals surface area (Å²) >= 11 is 0. The maximum absolute atomic E-state index is 9.79. The molecule has 0 aliphatic carbocycles. The van der Waals surface area contributed by atoms with Crippen molar-refractivity contribution in [1.29, 1.82) is 0 Å². The minimum absolute atomic E-state index is 0.113. The van der Waals surface area contributed by atoms with E-state index < -0.39 is 6.10 Å². The topological polar surface area (TPSA) is 29.5 Å². The van der Waals surface area contributed by atoms with Crippen LogP contribution < -0.4 is 0 Å². The van der Waals surface area contributed by atoms with E-state index >= 15 is 0 Å². The van der Waals surface area contributed by atoms with Gasteiger partial charge in [0.05, 0.1) is 18.8 Å². The SMILES string of the molecule is C=CC[C@@H](O)[C@@H](CC)OCc1ccccc1. The molecule has 88 valence electrons. The Labute approximate surface area is 97.6 Å². The highest BCUT2D eigenvalue weighted by atomic mass is 16.5. The average Bonchev–Trinajstić information content (AvgIpc) is 2.31. The monoisotopic (exact) mass is 220 g/mol. The molecule has 0 radical (unpaired) electrons. The number of hydrogen-bond acceptors (Lipinski definition) is 2. The zero-order valence-corrected chi connectivity index (χ0v) is 9.80. The van der Waals surface area contributed by atoms with E-state index in [0.29, 0.717) is 13.0 Å². The Hall–Kier alpha value is -1.12. The molecule has 1 rings (SSSR count). The van der Waals surface area contributed by atoms with Gasteiger partial charge in [-0.15, -0.1) is 6.58 Å². The van der Waals surface area contributed by atoms with E-state index in [1.807, 2.05) is 37.3 Å². The van der Waals surface area contributed by atoms with Crippen molar-refractivity contribution in [3.05, 3.63) is 48.6 Å². The lowest BCUT2D eigenvalue weighted by atomic mass is 10.1. The number of rotatable bonds is 7. The molecule has 0 aliphatic rings. The van der Waals surface area contributed by atoms with Crippen molar-refractivity contribution >= 4 is 0 Å². The molecule has 0 spiro atoms. The van der Waals surface area contributed by atoms with E-state index in [4.69, 9.17) is 4.74 Å². The Balaban J connectivity index is 2.42. The van der Waals surface area contributed by atoms with Crippen molar-refractivity contribution in [2.75, 3.05) is 0 Å². The Morgan fingerprint density at radius 2 is 2.06 bits per heavy atom. The van der Waals surface area contributed by atoms with Crippen molar-refractivity contribution in [1.82, 2.24) is 0 Å². The molecule has 0 fully saturated rings. The molecule has 0 amide bonds. The number of ether oxygens (including phenoxy) is 1. The lowest BCUT2D eigenvalue weighted by Gasteiger charge is -2.21. The van der Waals surface area contributed by atoms with Crippen molar-refractivity contribution in [2.24, 2.45) is 0 Å². The molecule has 2 nitrogen and oxygen atoms in total. The second kappa shape index (κ2) is 7.20. The third-order valence-electron chi connectivity index (χ3n) is 2.55. The van der Waals surface area contributed by atoms with Crippen LogP contribution in [-0.2, 0) is 11.3 Å². The van der Waals surface area contributed by atoms with Crippen LogP contribution in [0.15, 0.2) is 43.0 Å². The molecule has 0 aliphatic heterocycles. The summed E-state index contributed by atoms with van der Waals surface area (Å²) in [5.74, 6) is 0. The fraction of sp³-hybridized carbons (Fsp3) is 0.429. The van der Waals surface area contributed by atoms with Crippen molar-refractivity contribution < 1.29 is 9.84 Å². The molecule has 0 unspecified atom stereocenters. The molecule has 0 saturated heterocycles. The largest absolute Gasteiger partial charge is 0.390 e. The summed E-state index contributed by atoms with van der Waals surface area (Å²) in [4.78, 5) is 0. The summed E-state index contributed by atoms with van der Waals surface area (Å²) in [6, 6.07) is 9.99. The second-order valence-electron chi connectivity index (χ2n) is 3.84. The Morgan fingerprint density at radius 1 is 1.38 bits per heavy atom. The van der Waals surface area contributed by atoms with Gasteiger partial charge in [-0.25, -0.2) is 0 Å². The predicted octanol–water partition coefficient (Wildman–Crippen LogP) is 2.92. The van der Waals surface area contributed by atoms with E-state index in [2.05, 4.69) is 6.58 Å². The summed E-state index contributed by atoms with van der Waals surface area (Å²) in [5.41, 5.74) is 1.13. The molecule has 1 aromatic rings. The molecule has 0 bridgehead atoms. The van der Waals surface area contributed by atoms with Crippen LogP contribution in [0.25, 0.3) is 0 Å². The van der Waals surface area contributed by atoms with Crippen LogP contribution in [0.5, 0.6) is 0 Å². The number of hydrogen-bond donors (Lipinski definition) is 1. The summed E-state index contributed by atoms with van der Waals surface area (Å²) < 4.78 is 5.69. The lowest BCUT2D eigenvalue weighted by Crippen LogP contribution is -2.27. The first-order chi connectivity index (χ1) is 7.77. The van der Waals surface area contributed by atoms with Gasteiger partial charge in [0.25, 0.3) is 0 Å². The van der Waals surface area contributed by atoms with Gasteiger partial charge in [-0.1, -0.05) is 43.3 Å². The van der Waals surface area contributed by atoms with Gasteiger partial charge < -0.3 is 9.84 Å². The maximum Gasteiger partial charge on any atom is 0.0838 e. The first kappa shape index (κ1) is 12.9. The Kier molecular flexibility index (Phi) is 5.83. The average molecular weight is 220 g/mol. The summed E-state index contributed by atoms with van der Waals surface area (Å²) in [7, 11) is 0.